The molecule has 1 aliphatic carbocycles. The zero-order valence-corrected chi connectivity index (χ0v) is 14.0. The zero-order valence-electron chi connectivity index (χ0n) is 14.0. The molecule has 5 nitrogen and oxygen atoms in total. The molecule has 0 radical (unpaired) electrons. The summed E-state index contributed by atoms with van der Waals surface area (Å²) >= 11 is 0. The van der Waals surface area contributed by atoms with Gasteiger partial charge in [-0.25, -0.2) is 4.79 Å². The molecule has 1 amide bonds. The minimum absolute atomic E-state index is 0.103. The van der Waals surface area contributed by atoms with E-state index in [0.717, 1.165) is 18.5 Å². The van der Waals surface area contributed by atoms with E-state index in [0.29, 0.717) is 18.2 Å². The van der Waals surface area contributed by atoms with Gasteiger partial charge in [0.15, 0.2) is 0 Å². The van der Waals surface area contributed by atoms with E-state index in [9.17, 15) is 9.59 Å². The number of amides is 1. The number of ether oxygens (including phenoxy) is 1. The smallest absolute Gasteiger partial charge is 0.338 e. The van der Waals surface area contributed by atoms with E-state index >= 15 is 0 Å². The Hall–Kier alpha value is -2.04. The Bertz CT molecular complexity index is 522. The monoisotopic (exact) mass is 318 g/mol. The van der Waals surface area contributed by atoms with Crippen LogP contribution < -0.4 is 5.32 Å². The molecule has 1 saturated carbocycles. The highest BCUT2D eigenvalue weighted by Crippen LogP contribution is 2.21. The van der Waals surface area contributed by atoms with Gasteiger partial charge < -0.3 is 15.0 Å². The molecule has 0 aliphatic heterocycles. The van der Waals surface area contributed by atoms with Crippen LogP contribution in [0.5, 0.6) is 0 Å². The second-order valence-corrected chi connectivity index (χ2v) is 5.95. The second kappa shape index (κ2) is 8.56. The Morgan fingerprint density at radius 2 is 1.83 bits per heavy atom. The Balaban J connectivity index is 1.82. The number of carbonyl (C=O) groups is 2. The van der Waals surface area contributed by atoms with E-state index < -0.39 is 0 Å². The van der Waals surface area contributed by atoms with E-state index in [-0.39, 0.29) is 18.4 Å². The number of anilines is 1. The molecule has 0 heterocycles. The van der Waals surface area contributed by atoms with E-state index in [2.05, 4.69) is 5.32 Å². The van der Waals surface area contributed by atoms with Crippen molar-refractivity contribution in [1.29, 1.82) is 0 Å². The summed E-state index contributed by atoms with van der Waals surface area (Å²) in [6, 6.07) is 7.37. The first-order chi connectivity index (χ1) is 11.1. The number of hydrogen-bond acceptors (Lipinski definition) is 4. The summed E-state index contributed by atoms with van der Waals surface area (Å²) in [5, 5.41) is 3.12. The van der Waals surface area contributed by atoms with Crippen LogP contribution in [0.4, 0.5) is 5.69 Å². The molecule has 1 aromatic rings. The van der Waals surface area contributed by atoms with Crippen molar-refractivity contribution in [2.45, 2.75) is 45.1 Å². The van der Waals surface area contributed by atoms with Crippen LogP contribution in [0.15, 0.2) is 24.3 Å². The average Bonchev–Trinajstić information content (AvgIpc) is 2.60. The van der Waals surface area contributed by atoms with Crippen LogP contribution in [0.2, 0.25) is 0 Å². The number of hydrogen-bond donors (Lipinski definition) is 1. The van der Waals surface area contributed by atoms with E-state index in [1.807, 2.05) is 11.9 Å². The molecular weight excluding hydrogens is 292 g/mol. The SMILES string of the molecule is CCOC(=O)c1ccc(NCC(=O)N(C)C2CCCCC2)cc1. The third-order valence-electron chi connectivity index (χ3n) is 4.36. The van der Waals surface area contributed by atoms with Crippen LogP contribution in [0.25, 0.3) is 0 Å². The minimum Gasteiger partial charge on any atom is -0.462 e. The number of carbonyl (C=O) groups excluding carboxylic acids is 2. The van der Waals surface area contributed by atoms with Crippen LogP contribution in [-0.4, -0.2) is 43.0 Å². The van der Waals surface area contributed by atoms with Gasteiger partial charge in [-0.2, -0.15) is 0 Å². The van der Waals surface area contributed by atoms with Crippen molar-refractivity contribution in [3.8, 4) is 0 Å². The van der Waals surface area contributed by atoms with Gasteiger partial charge >= 0.3 is 5.97 Å². The summed E-state index contributed by atoms with van der Waals surface area (Å²) in [6.07, 6.45) is 5.92. The molecule has 0 saturated heterocycles. The fourth-order valence-corrected chi connectivity index (χ4v) is 2.91. The van der Waals surface area contributed by atoms with E-state index in [4.69, 9.17) is 4.74 Å². The number of esters is 1. The standard InChI is InChI=1S/C18H26N2O3/c1-3-23-18(22)14-9-11-15(12-10-14)19-13-17(21)20(2)16-7-5-4-6-8-16/h9-12,16,19H,3-8,13H2,1-2H3. The molecule has 0 aromatic heterocycles. The fourth-order valence-electron chi connectivity index (χ4n) is 2.91. The van der Waals surface area contributed by atoms with Crippen molar-refractivity contribution in [2.75, 3.05) is 25.5 Å². The number of nitrogens with zero attached hydrogens (tertiary/aromatic N) is 1. The average molecular weight is 318 g/mol. The first-order valence-corrected chi connectivity index (χ1v) is 8.38. The maximum absolute atomic E-state index is 12.3. The Kier molecular flexibility index (Phi) is 6.44. The number of nitrogens with one attached hydrogen (secondary N) is 1. The second-order valence-electron chi connectivity index (χ2n) is 5.95. The van der Waals surface area contributed by atoms with Gasteiger partial charge in [0.25, 0.3) is 0 Å². The highest BCUT2D eigenvalue weighted by atomic mass is 16.5. The topological polar surface area (TPSA) is 58.6 Å². The van der Waals surface area contributed by atoms with Crippen LogP contribution >= 0.6 is 0 Å². The molecular formula is C18H26N2O3. The number of benzene rings is 1. The molecule has 0 spiro atoms. The Labute approximate surface area is 138 Å². The molecule has 2 rings (SSSR count). The van der Waals surface area contributed by atoms with Gasteiger partial charge in [-0.05, 0) is 44.0 Å². The fraction of sp³-hybridized carbons (Fsp3) is 0.556. The third-order valence-corrected chi connectivity index (χ3v) is 4.36. The van der Waals surface area contributed by atoms with Gasteiger partial charge in [0.05, 0.1) is 18.7 Å². The molecule has 0 bridgehead atoms. The summed E-state index contributed by atoms with van der Waals surface area (Å²) in [6.45, 7) is 2.41. The maximum atomic E-state index is 12.3. The van der Waals surface area contributed by atoms with Crippen LogP contribution in [0, 0.1) is 0 Å². The predicted molar refractivity (Wildman–Crippen MR) is 90.5 cm³/mol. The van der Waals surface area contributed by atoms with Crippen molar-refractivity contribution >= 4 is 17.6 Å². The molecule has 1 fully saturated rings. The van der Waals surface area contributed by atoms with Gasteiger partial charge in [-0.15, -0.1) is 0 Å². The van der Waals surface area contributed by atoms with Crippen molar-refractivity contribution in [1.82, 2.24) is 4.90 Å². The number of likely N-dealkylation sites (N-methyl/N-ethyl adjacent to an activating group) is 1. The first-order valence-electron chi connectivity index (χ1n) is 8.38. The summed E-state index contributed by atoms with van der Waals surface area (Å²) in [7, 11) is 1.89. The zero-order chi connectivity index (χ0) is 16.7. The highest BCUT2D eigenvalue weighted by molar-refractivity contribution is 5.90. The van der Waals surface area contributed by atoms with Gasteiger partial charge in [-0.3, -0.25) is 4.79 Å². The molecule has 1 N–H and O–H groups in total. The molecule has 1 aromatic carbocycles. The summed E-state index contributed by atoms with van der Waals surface area (Å²) in [5.41, 5.74) is 1.34. The lowest BCUT2D eigenvalue weighted by atomic mass is 9.94. The molecule has 1 aliphatic rings. The molecule has 126 valence electrons. The lowest BCUT2D eigenvalue weighted by molar-refractivity contribution is -0.130. The van der Waals surface area contributed by atoms with Crippen molar-refractivity contribution in [3.05, 3.63) is 29.8 Å². The Morgan fingerprint density at radius 1 is 1.17 bits per heavy atom. The normalized spacial score (nSPS) is 15.0. The van der Waals surface area contributed by atoms with Crippen molar-refractivity contribution < 1.29 is 14.3 Å². The predicted octanol–water partition coefficient (Wildman–Crippen LogP) is 3.07. The van der Waals surface area contributed by atoms with Crippen LogP contribution in [0.1, 0.15) is 49.4 Å². The first kappa shape index (κ1) is 17.3. The van der Waals surface area contributed by atoms with Gasteiger partial charge in [0, 0.05) is 18.8 Å². The van der Waals surface area contributed by atoms with Gasteiger partial charge in [0.1, 0.15) is 0 Å². The quantitative estimate of drug-likeness (QED) is 0.819. The highest BCUT2D eigenvalue weighted by Gasteiger charge is 2.21. The molecule has 5 heteroatoms. The van der Waals surface area contributed by atoms with Gasteiger partial charge in [-0.1, -0.05) is 19.3 Å². The summed E-state index contributed by atoms with van der Waals surface area (Å²) in [5.74, 6) is -0.224. The van der Waals surface area contributed by atoms with Gasteiger partial charge in [0.2, 0.25) is 5.91 Å². The lowest BCUT2D eigenvalue weighted by Gasteiger charge is -2.31. The molecule has 0 unspecified atom stereocenters. The number of rotatable bonds is 6. The maximum Gasteiger partial charge on any atom is 0.338 e. The van der Waals surface area contributed by atoms with Crippen molar-refractivity contribution in [3.63, 3.8) is 0 Å². The molecule has 0 atom stereocenters. The summed E-state index contributed by atoms with van der Waals surface area (Å²) < 4.78 is 4.94. The Morgan fingerprint density at radius 3 is 2.43 bits per heavy atom. The summed E-state index contributed by atoms with van der Waals surface area (Å²) in [4.78, 5) is 25.7. The van der Waals surface area contributed by atoms with E-state index in [1.54, 1.807) is 31.2 Å². The van der Waals surface area contributed by atoms with Crippen LogP contribution in [0.3, 0.4) is 0 Å². The van der Waals surface area contributed by atoms with Crippen LogP contribution in [-0.2, 0) is 9.53 Å². The van der Waals surface area contributed by atoms with E-state index in [1.165, 1.54) is 19.3 Å². The molecule has 23 heavy (non-hydrogen) atoms. The van der Waals surface area contributed by atoms with Crippen molar-refractivity contribution in [2.24, 2.45) is 0 Å². The minimum atomic E-state index is -0.327. The largest absolute Gasteiger partial charge is 0.462 e. The lowest BCUT2D eigenvalue weighted by Crippen LogP contribution is -2.41. The third kappa shape index (κ3) is 4.98.